The average molecular weight is 599 g/mol. The third kappa shape index (κ3) is 4.12. The number of nitrogens with zero attached hydrogens (tertiary/aromatic N) is 2. The van der Waals surface area contributed by atoms with E-state index in [1.54, 1.807) is 6.07 Å². The molecule has 230 valence electrons. The molecule has 0 fully saturated rings. The summed E-state index contributed by atoms with van der Waals surface area (Å²) in [5.74, 6) is -0.106. The van der Waals surface area contributed by atoms with Gasteiger partial charge in [0.1, 0.15) is 5.82 Å². The Hall–Kier alpha value is -3.85. The third-order valence-electron chi connectivity index (χ3n) is 11.3. The quantitative estimate of drug-likeness (QED) is 0.165. The Labute approximate surface area is 268 Å². The van der Waals surface area contributed by atoms with E-state index in [4.69, 9.17) is 0 Å². The van der Waals surface area contributed by atoms with Crippen molar-refractivity contribution >= 4 is 10.8 Å². The Morgan fingerprint density at radius 2 is 1.58 bits per heavy atom. The maximum Gasteiger partial charge on any atom is 0.248 e. The van der Waals surface area contributed by atoms with Gasteiger partial charge in [-0.05, 0) is 79.5 Å². The minimum atomic E-state index is -0.472. The molecule has 0 spiro atoms. The summed E-state index contributed by atoms with van der Waals surface area (Å²) >= 11 is 0. The highest BCUT2D eigenvalue weighted by Gasteiger charge is 2.60. The SMILES string of the molecule is CCCCc1ccc2c3c4[n+](ccc13)C(CC)(CC)C([n+]1ccc(C)cc1-c1cc(C)ccc1C)c1ccc(F)c(c1-4)C2(C)C. The Bertz CT molecular complexity index is 2000. The van der Waals surface area contributed by atoms with E-state index < -0.39 is 5.41 Å². The van der Waals surface area contributed by atoms with Crippen molar-refractivity contribution in [3.63, 3.8) is 0 Å². The maximum absolute atomic E-state index is 16.4. The lowest BCUT2D eigenvalue weighted by Gasteiger charge is -2.42. The molecular formula is C42H47FN2+2. The van der Waals surface area contributed by atoms with Gasteiger partial charge in [0.05, 0.1) is 10.9 Å². The lowest BCUT2D eigenvalue weighted by Crippen LogP contribution is -2.69. The number of aryl methyl sites for hydroxylation is 4. The van der Waals surface area contributed by atoms with E-state index in [0.29, 0.717) is 0 Å². The fourth-order valence-electron chi connectivity index (χ4n) is 8.87. The van der Waals surface area contributed by atoms with Gasteiger partial charge in [0, 0.05) is 53.1 Å². The van der Waals surface area contributed by atoms with Gasteiger partial charge in [-0.3, -0.25) is 0 Å². The predicted octanol–water partition coefficient (Wildman–Crippen LogP) is 9.91. The number of hydrogen-bond acceptors (Lipinski definition) is 0. The summed E-state index contributed by atoms with van der Waals surface area (Å²) in [5.41, 5.74) is 12.5. The topological polar surface area (TPSA) is 7.76 Å². The minimum absolute atomic E-state index is 0.0204. The molecule has 45 heavy (non-hydrogen) atoms. The van der Waals surface area contributed by atoms with Crippen LogP contribution in [-0.2, 0) is 17.4 Å². The smallest absolute Gasteiger partial charge is 0.207 e. The summed E-state index contributed by atoms with van der Waals surface area (Å²) in [6.45, 7) is 18.0. The average Bonchev–Trinajstić information content (AvgIpc) is 3.03. The molecule has 7 rings (SSSR count). The van der Waals surface area contributed by atoms with Crippen LogP contribution in [0.25, 0.3) is 33.3 Å². The Balaban J connectivity index is 1.64. The Morgan fingerprint density at radius 1 is 0.822 bits per heavy atom. The van der Waals surface area contributed by atoms with Crippen LogP contribution in [-0.4, -0.2) is 0 Å². The molecule has 0 amide bonds. The molecule has 1 aliphatic heterocycles. The fraction of sp³-hybridized carbons (Fsp3) is 0.381. The number of hydrogen-bond donors (Lipinski definition) is 0. The second-order valence-corrected chi connectivity index (χ2v) is 14.2. The number of aromatic nitrogens is 2. The van der Waals surface area contributed by atoms with E-state index in [1.165, 1.54) is 73.9 Å². The molecule has 0 bridgehead atoms. The van der Waals surface area contributed by atoms with E-state index in [-0.39, 0.29) is 17.4 Å². The number of unbranched alkanes of at least 4 members (excludes halogenated alkanes) is 1. The van der Waals surface area contributed by atoms with Crippen LogP contribution in [0.5, 0.6) is 0 Å². The van der Waals surface area contributed by atoms with Crippen molar-refractivity contribution < 1.29 is 13.5 Å². The van der Waals surface area contributed by atoms with Crippen molar-refractivity contribution in [3.05, 3.63) is 118 Å². The normalized spacial score (nSPS) is 17.1. The Kier molecular flexibility index (Phi) is 7.04. The first kappa shape index (κ1) is 29.8. The second-order valence-electron chi connectivity index (χ2n) is 14.2. The zero-order valence-corrected chi connectivity index (χ0v) is 28.3. The van der Waals surface area contributed by atoms with Crippen LogP contribution >= 0.6 is 0 Å². The lowest BCUT2D eigenvalue weighted by atomic mass is 9.64. The predicted molar refractivity (Wildman–Crippen MR) is 183 cm³/mol. The molecular weight excluding hydrogens is 551 g/mol. The van der Waals surface area contributed by atoms with Crippen LogP contribution in [0.1, 0.15) is 105 Å². The summed E-state index contributed by atoms with van der Waals surface area (Å²) in [5, 5.41) is 2.66. The number of benzene rings is 3. The van der Waals surface area contributed by atoms with E-state index in [9.17, 15) is 0 Å². The van der Waals surface area contributed by atoms with Gasteiger partial charge in [0.2, 0.25) is 23.0 Å². The summed E-state index contributed by atoms with van der Waals surface area (Å²) in [6, 6.07) is 22.2. The first-order valence-electron chi connectivity index (χ1n) is 17.0. The van der Waals surface area contributed by atoms with Crippen molar-refractivity contribution in [1.29, 1.82) is 0 Å². The van der Waals surface area contributed by atoms with Crippen LogP contribution in [0.2, 0.25) is 0 Å². The molecule has 2 aromatic heterocycles. The molecule has 5 aromatic rings. The first-order chi connectivity index (χ1) is 21.6. The fourth-order valence-corrected chi connectivity index (χ4v) is 8.87. The molecule has 0 saturated heterocycles. The van der Waals surface area contributed by atoms with Crippen molar-refractivity contribution in [3.8, 4) is 22.5 Å². The van der Waals surface area contributed by atoms with E-state index >= 15 is 4.39 Å². The molecule has 2 nitrogen and oxygen atoms in total. The first-order valence-corrected chi connectivity index (χ1v) is 17.0. The number of rotatable bonds is 7. The molecule has 1 atom stereocenters. The van der Waals surface area contributed by atoms with Crippen molar-refractivity contribution in [2.75, 3.05) is 0 Å². The van der Waals surface area contributed by atoms with Gasteiger partial charge >= 0.3 is 0 Å². The summed E-state index contributed by atoms with van der Waals surface area (Å²) in [6.07, 6.45) is 9.93. The number of halogens is 1. The highest BCUT2D eigenvalue weighted by molar-refractivity contribution is 6.02. The summed E-state index contributed by atoms with van der Waals surface area (Å²) in [7, 11) is 0. The zero-order chi connectivity index (χ0) is 31.8. The highest BCUT2D eigenvalue weighted by Crippen LogP contribution is 2.55. The van der Waals surface area contributed by atoms with Crippen molar-refractivity contribution in [2.45, 2.75) is 104 Å². The lowest BCUT2D eigenvalue weighted by molar-refractivity contribution is -0.837. The van der Waals surface area contributed by atoms with Gasteiger partial charge in [-0.1, -0.05) is 70.9 Å². The molecule has 1 aliphatic carbocycles. The van der Waals surface area contributed by atoms with Gasteiger partial charge in [-0.15, -0.1) is 0 Å². The van der Waals surface area contributed by atoms with Crippen LogP contribution in [0, 0.1) is 26.6 Å². The van der Waals surface area contributed by atoms with Crippen LogP contribution in [0.3, 0.4) is 0 Å². The Morgan fingerprint density at radius 3 is 2.31 bits per heavy atom. The highest BCUT2D eigenvalue weighted by atomic mass is 19.1. The minimum Gasteiger partial charge on any atom is -0.207 e. The molecule has 1 unspecified atom stereocenters. The molecule has 2 aliphatic rings. The molecule has 3 aromatic carbocycles. The maximum atomic E-state index is 16.4. The van der Waals surface area contributed by atoms with Crippen LogP contribution < -0.4 is 9.13 Å². The largest absolute Gasteiger partial charge is 0.248 e. The van der Waals surface area contributed by atoms with E-state index in [2.05, 4.69) is 132 Å². The van der Waals surface area contributed by atoms with Crippen molar-refractivity contribution in [2.24, 2.45) is 0 Å². The van der Waals surface area contributed by atoms with Gasteiger partial charge in [0.25, 0.3) is 0 Å². The molecule has 3 heteroatoms. The summed E-state index contributed by atoms with van der Waals surface area (Å²) < 4.78 is 21.5. The van der Waals surface area contributed by atoms with E-state index in [1.807, 2.05) is 0 Å². The van der Waals surface area contributed by atoms with Gasteiger partial charge in [-0.25, -0.2) is 4.39 Å². The van der Waals surface area contributed by atoms with Gasteiger partial charge in [-0.2, -0.15) is 9.13 Å². The monoisotopic (exact) mass is 598 g/mol. The molecule has 0 saturated carbocycles. The standard InChI is InChI=1S/C42H47FN2/c1-9-12-13-29-16-18-33-36-30(29)21-23-45-39(36)37-31(17-19-34(43)38(37)41(33,7)8)40(42(45,10-2)11-3)44-22-20-27(5)25-35(44)32-24-26(4)14-15-28(32)6/h14-25,40H,9-13H2,1-8H3/q+2. The van der Waals surface area contributed by atoms with Crippen LogP contribution in [0.4, 0.5) is 4.39 Å². The zero-order valence-electron chi connectivity index (χ0n) is 28.3. The van der Waals surface area contributed by atoms with Crippen molar-refractivity contribution in [1.82, 2.24) is 0 Å². The van der Waals surface area contributed by atoms with Gasteiger partial charge < -0.3 is 0 Å². The molecule has 0 N–H and O–H groups in total. The van der Waals surface area contributed by atoms with Gasteiger partial charge in [0.15, 0.2) is 12.4 Å². The number of pyridine rings is 2. The third-order valence-corrected chi connectivity index (χ3v) is 11.3. The molecule has 3 heterocycles. The van der Waals surface area contributed by atoms with E-state index in [0.717, 1.165) is 30.4 Å². The van der Waals surface area contributed by atoms with Crippen LogP contribution in [0.15, 0.2) is 73.1 Å². The second kappa shape index (κ2) is 10.6. The summed E-state index contributed by atoms with van der Waals surface area (Å²) in [4.78, 5) is 0. The molecule has 0 radical (unpaired) electrons.